The van der Waals surface area contributed by atoms with E-state index in [1.807, 2.05) is 26.8 Å². The summed E-state index contributed by atoms with van der Waals surface area (Å²) >= 11 is 0. The van der Waals surface area contributed by atoms with Gasteiger partial charge in [-0.3, -0.25) is 10.1 Å². The fraction of sp³-hybridized carbons (Fsp3) is 0.333. The van der Waals surface area contributed by atoms with Gasteiger partial charge in [0.25, 0.3) is 0 Å². The van der Waals surface area contributed by atoms with Crippen LogP contribution in [-0.2, 0) is 4.74 Å². The van der Waals surface area contributed by atoms with Crippen LogP contribution in [0.2, 0.25) is 0 Å². The van der Waals surface area contributed by atoms with Crippen LogP contribution >= 0.6 is 0 Å². The first kappa shape index (κ1) is 25.9. The van der Waals surface area contributed by atoms with E-state index in [9.17, 15) is 14.9 Å². The molecule has 0 unspecified atom stereocenters. The monoisotopic (exact) mass is 531 g/mol. The van der Waals surface area contributed by atoms with Gasteiger partial charge in [-0.1, -0.05) is 18.2 Å². The van der Waals surface area contributed by atoms with Gasteiger partial charge in [0.05, 0.1) is 16.4 Å². The summed E-state index contributed by atoms with van der Waals surface area (Å²) < 4.78 is 13.1. The zero-order valence-corrected chi connectivity index (χ0v) is 21.9. The second kappa shape index (κ2) is 10.2. The Labute approximate surface area is 224 Å². The number of piperidine rings is 1. The van der Waals surface area contributed by atoms with Gasteiger partial charge < -0.3 is 20.1 Å². The molecule has 0 bridgehead atoms. The zero-order valence-electron chi connectivity index (χ0n) is 21.9. The Kier molecular flexibility index (Phi) is 6.77. The maximum Gasteiger partial charge on any atom is 0.410 e. The summed E-state index contributed by atoms with van der Waals surface area (Å²) in [5.41, 5.74) is 6.93. The van der Waals surface area contributed by atoms with E-state index in [-0.39, 0.29) is 29.4 Å². The highest BCUT2D eigenvalue weighted by molar-refractivity contribution is 5.98. The summed E-state index contributed by atoms with van der Waals surface area (Å²) in [6.07, 6.45) is 2.28. The zero-order chi connectivity index (χ0) is 27.7. The Morgan fingerprint density at radius 3 is 2.49 bits per heavy atom. The van der Waals surface area contributed by atoms with E-state index in [4.69, 9.17) is 20.3 Å². The molecule has 2 aromatic carbocycles. The molecule has 1 saturated heterocycles. The number of ether oxygens (including phenoxy) is 2. The van der Waals surface area contributed by atoms with Crippen molar-refractivity contribution in [1.82, 2.24) is 24.6 Å². The van der Waals surface area contributed by atoms with Crippen LogP contribution in [0.15, 0.2) is 54.9 Å². The van der Waals surface area contributed by atoms with E-state index in [1.54, 1.807) is 46.0 Å². The number of para-hydroxylation sites is 1. The Hall–Kier alpha value is -4.74. The van der Waals surface area contributed by atoms with Gasteiger partial charge in [-0.15, -0.1) is 0 Å². The van der Waals surface area contributed by atoms with Crippen molar-refractivity contribution in [2.24, 2.45) is 0 Å². The molecule has 0 aliphatic carbocycles. The molecule has 1 aliphatic rings. The van der Waals surface area contributed by atoms with Crippen LogP contribution in [0, 0.1) is 10.1 Å². The molecule has 2 N–H and O–H groups in total. The number of carbonyl (C=O) groups excluding carboxylic acids is 1. The molecule has 0 radical (unpaired) electrons. The Morgan fingerprint density at radius 2 is 1.82 bits per heavy atom. The minimum Gasteiger partial charge on any atom is -0.450 e. The van der Waals surface area contributed by atoms with Gasteiger partial charge in [0.2, 0.25) is 5.75 Å². The fourth-order valence-electron chi connectivity index (χ4n) is 4.58. The number of nitro benzene ring substituents is 1. The highest BCUT2D eigenvalue weighted by Gasteiger charge is 2.30. The average Bonchev–Trinajstić information content (AvgIpc) is 3.29. The summed E-state index contributed by atoms with van der Waals surface area (Å²) in [4.78, 5) is 34.2. The quantitative estimate of drug-likeness (QED) is 0.265. The van der Waals surface area contributed by atoms with E-state index >= 15 is 0 Å². The van der Waals surface area contributed by atoms with Gasteiger partial charge in [-0.25, -0.2) is 19.4 Å². The standard InChI is InChI=1S/C27H29N7O5/c1-27(2,3)39-26(35)32-13-11-18(12-14-32)33-25-22(24(28)29-16-30-25)23(31-33)17-9-10-21(20(15-17)34(36)37)38-19-7-5-4-6-8-19/h4-10,15-16,18H,11-14H2,1-3H3,(H2,28,29,30). The van der Waals surface area contributed by atoms with Gasteiger partial charge in [-0.05, 0) is 57.9 Å². The van der Waals surface area contributed by atoms with E-state index in [2.05, 4.69) is 9.97 Å². The number of hydrogen-bond donors (Lipinski definition) is 1. The van der Waals surface area contributed by atoms with Gasteiger partial charge in [0.1, 0.15) is 29.2 Å². The Balaban J connectivity index is 1.47. The van der Waals surface area contributed by atoms with E-state index in [0.29, 0.717) is 54.0 Å². The SMILES string of the molecule is CC(C)(C)OC(=O)N1CCC(n2nc(-c3ccc(Oc4ccccc4)c([N+](=O)[O-])c3)c3c(N)ncnc32)CC1. The topological polar surface area (TPSA) is 152 Å². The lowest BCUT2D eigenvalue weighted by molar-refractivity contribution is -0.385. The highest BCUT2D eigenvalue weighted by Crippen LogP contribution is 2.39. The van der Waals surface area contributed by atoms with Crippen molar-refractivity contribution in [1.29, 1.82) is 0 Å². The number of fused-ring (bicyclic) bond motifs is 1. The van der Waals surface area contributed by atoms with Gasteiger partial charge in [-0.2, -0.15) is 5.10 Å². The smallest absolute Gasteiger partial charge is 0.410 e. The molecular formula is C27H29N7O5. The molecule has 12 nitrogen and oxygen atoms in total. The van der Waals surface area contributed by atoms with Crippen LogP contribution in [0.3, 0.4) is 0 Å². The number of nitrogens with two attached hydrogens (primary N) is 1. The number of aromatic nitrogens is 4. The van der Waals surface area contributed by atoms with E-state index in [0.717, 1.165) is 0 Å². The summed E-state index contributed by atoms with van der Waals surface area (Å²) in [7, 11) is 0. The minimum atomic E-state index is -0.570. The normalized spacial score (nSPS) is 14.4. The van der Waals surface area contributed by atoms with Gasteiger partial charge in [0.15, 0.2) is 5.65 Å². The number of nitro groups is 1. The Bertz CT molecular complexity index is 1520. The number of amides is 1. The van der Waals surface area contributed by atoms with Crippen LogP contribution in [0.1, 0.15) is 39.7 Å². The van der Waals surface area contributed by atoms with Crippen LogP contribution in [0.4, 0.5) is 16.3 Å². The largest absolute Gasteiger partial charge is 0.450 e. The number of carbonyl (C=O) groups is 1. The first-order valence-corrected chi connectivity index (χ1v) is 12.6. The third kappa shape index (κ3) is 5.44. The molecule has 0 spiro atoms. The number of hydrogen-bond acceptors (Lipinski definition) is 9. The second-order valence-corrected chi connectivity index (χ2v) is 10.3. The first-order valence-electron chi connectivity index (χ1n) is 12.6. The predicted molar refractivity (Wildman–Crippen MR) is 144 cm³/mol. The number of nitrogen functional groups attached to an aromatic ring is 1. The van der Waals surface area contributed by atoms with Crippen molar-refractivity contribution in [2.75, 3.05) is 18.8 Å². The predicted octanol–water partition coefficient (Wildman–Crippen LogP) is 5.35. The molecule has 4 aromatic rings. The molecule has 202 valence electrons. The average molecular weight is 532 g/mol. The molecule has 5 rings (SSSR count). The van der Waals surface area contributed by atoms with E-state index in [1.165, 1.54) is 12.4 Å². The highest BCUT2D eigenvalue weighted by atomic mass is 16.6. The molecule has 39 heavy (non-hydrogen) atoms. The summed E-state index contributed by atoms with van der Waals surface area (Å²) in [6, 6.07) is 13.5. The molecule has 12 heteroatoms. The fourth-order valence-corrected chi connectivity index (χ4v) is 4.58. The molecule has 3 heterocycles. The molecule has 0 saturated carbocycles. The lowest BCUT2D eigenvalue weighted by Gasteiger charge is -2.33. The first-order chi connectivity index (χ1) is 18.6. The third-order valence-electron chi connectivity index (χ3n) is 6.38. The molecule has 1 amide bonds. The van der Waals surface area contributed by atoms with Crippen molar-refractivity contribution in [2.45, 2.75) is 45.3 Å². The van der Waals surface area contributed by atoms with E-state index < -0.39 is 10.5 Å². The minimum absolute atomic E-state index is 0.0649. The van der Waals surface area contributed by atoms with Crippen molar-refractivity contribution >= 4 is 28.6 Å². The molecule has 2 aromatic heterocycles. The maximum absolute atomic E-state index is 12.5. The lowest BCUT2D eigenvalue weighted by atomic mass is 10.1. The van der Waals surface area contributed by atoms with Gasteiger partial charge in [0, 0.05) is 24.7 Å². The number of rotatable bonds is 5. The van der Waals surface area contributed by atoms with Gasteiger partial charge >= 0.3 is 11.8 Å². The molecular weight excluding hydrogens is 502 g/mol. The molecule has 1 fully saturated rings. The van der Waals surface area contributed by atoms with Crippen molar-refractivity contribution in [3.63, 3.8) is 0 Å². The Morgan fingerprint density at radius 1 is 1.10 bits per heavy atom. The summed E-state index contributed by atoms with van der Waals surface area (Å²) in [5, 5.41) is 17.3. The van der Waals surface area contributed by atoms with Crippen LogP contribution in [0.5, 0.6) is 11.5 Å². The maximum atomic E-state index is 12.5. The van der Waals surface area contributed by atoms with Crippen molar-refractivity contribution < 1.29 is 19.2 Å². The number of nitrogens with zero attached hydrogens (tertiary/aromatic N) is 6. The van der Waals surface area contributed by atoms with Crippen molar-refractivity contribution in [3.8, 4) is 22.8 Å². The number of benzene rings is 2. The summed E-state index contributed by atoms with van der Waals surface area (Å²) in [6.45, 7) is 6.50. The third-order valence-corrected chi connectivity index (χ3v) is 6.38. The molecule has 1 aliphatic heterocycles. The number of anilines is 1. The molecule has 0 atom stereocenters. The van der Waals surface area contributed by atoms with Crippen LogP contribution in [0.25, 0.3) is 22.3 Å². The van der Waals surface area contributed by atoms with Crippen LogP contribution in [-0.4, -0.2) is 54.4 Å². The lowest BCUT2D eigenvalue weighted by Crippen LogP contribution is -2.42. The summed E-state index contributed by atoms with van der Waals surface area (Å²) in [5.74, 6) is 0.815. The van der Waals surface area contributed by atoms with Crippen molar-refractivity contribution in [3.05, 3.63) is 65.0 Å². The van der Waals surface area contributed by atoms with Crippen LogP contribution < -0.4 is 10.5 Å². The second-order valence-electron chi connectivity index (χ2n) is 10.3. The number of likely N-dealkylation sites (tertiary alicyclic amines) is 1.